The van der Waals surface area contributed by atoms with Crippen molar-refractivity contribution in [1.82, 2.24) is 0 Å². The number of fused-ring (bicyclic) bond motifs is 8. The summed E-state index contributed by atoms with van der Waals surface area (Å²) in [6.07, 6.45) is 0. The fraction of sp³-hybridized carbons (Fsp3) is 0. The number of hydrogen-bond acceptors (Lipinski definition) is 3. The van der Waals surface area contributed by atoms with E-state index in [0.29, 0.717) is 22.4 Å². The van der Waals surface area contributed by atoms with Crippen molar-refractivity contribution in [3.05, 3.63) is 152 Å². The van der Waals surface area contributed by atoms with Gasteiger partial charge in [0.2, 0.25) is 0 Å². The molecule has 0 saturated heterocycles. The highest BCUT2D eigenvalue weighted by molar-refractivity contribution is 7.26. The Balaban J connectivity index is 1.33. The molecular weight excluding hydrogens is 543 g/mol. The highest BCUT2D eigenvalue weighted by Gasteiger charge is 2.20. The molecule has 3 heteroatoms. The molecule has 0 N–H and O–H groups in total. The number of hydrogen-bond donors (Lipinski definition) is 0. The molecule has 0 atom stereocenters. The van der Waals surface area contributed by atoms with E-state index in [1.807, 2.05) is 95.9 Å². The second-order valence-electron chi connectivity index (χ2n) is 10.6. The van der Waals surface area contributed by atoms with Crippen LogP contribution in [0.25, 0.3) is 64.0 Å². The first-order chi connectivity index (χ1) is 23.0. The Hall–Kier alpha value is -5.38. The van der Waals surface area contributed by atoms with E-state index in [-0.39, 0.29) is 29.9 Å². The topological polar surface area (TPSA) is 16.4 Å². The molecule has 43 heavy (non-hydrogen) atoms. The molecule has 2 heterocycles. The summed E-state index contributed by atoms with van der Waals surface area (Å²) in [6.45, 7) is 0. The van der Waals surface area contributed by atoms with Gasteiger partial charge in [-0.3, -0.25) is 0 Å². The van der Waals surface area contributed by atoms with E-state index >= 15 is 0 Å². The number of thiophene rings is 1. The number of benzene rings is 7. The molecule has 0 spiro atoms. The molecule has 9 aromatic rings. The van der Waals surface area contributed by atoms with Gasteiger partial charge in [0, 0.05) is 42.3 Å². The largest absolute Gasteiger partial charge is 0.455 e. The van der Waals surface area contributed by atoms with E-state index < -0.39 is 0 Å². The van der Waals surface area contributed by atoms with Crippen LogP contribution in [0, 0.1) is 0 Å². The lowest BCUT2D eigenvalue weighted by atomic mass is 10.0. The quantitative estimate of drug-likeness (QED) is 0.209. The van der Waals surface area contributed by atoms with Gasteiger partial charge in [-0.1, -0.05) is 103 Å². The van der Waals surface area contributed by atoms with Crippen LogP contribution >= 0.6 is 11.3 Å². The van der Waals surface area contributed by atoms with Gasteiger partial charge >= 0.3 is 0 Å². The van der Waals surface area contributed by atoms with Crippen molar-refractivity contribution in [1.29, 1.82) is 0 Å². The first-order valence-corrected chi connectivity index (χ1v) is 15.0. The molecular formula is C40H25NOS. The van der Waals surface area contributed by atoms with Crippen LogP contribution in [0.4, 0.5) is 17.1 Å². The number of nitrogens with zero attached hydrogens (tertiary/aromatic N) is 1. The zero-order valence-electron chi connectivity index (χ0n) is 26.9. The average molecular weight is 572 g/mol. The highest BCUT2D eigenvalue weighted by Crippen LogP contribution is 2.45. The summed E-state index contributed by atoms with van der Waals surface area (Å²) in [6, 6.07) is 41.3. The number of rotatable bonds is 4. The number of anilines is 3. The van der Waals surface area contributed by atoms with Gasteiger partial charge in [0.25, 0.3) is 0 Å². The fourth-order valence-corrected chi connectivity index (χ4v) is 7.41. The normalized spacial score (nSPS) is 13.0. The summed E-state index contributed by atoms with van der Waals surface area (Å²) in [5, 5.41) is 5.99. The maximum absolute atomic E-state index is 9.46. The first-order valence-electron chi connectivity index (χ1n) is 16.2. The van der Waals surface area contributed by atoms with Crippen molar-refractivity contribution < 1.29 is 9.90 Å². The third kappa shape index (κ3) is 3.79. The fourth-order valence-electron chi connectivity index (χ4n) is 6.18. The van der Waals surface area contributed by atoms with Crippen molar-refractivity contribution in [2.45, 2.75) is 0 Å². The van der Waals surface area contributed by atoms with Crippen LogP contribution in [-0.4, -0.2) is 0 Å². The average Bonchev–Trinajstić information content (AvgIpc) is 3.69. The minimum Gasteiger partial charge on any atom is -0.455 e. The molecule has 0 unspecified atom stereocenters. The lowest BCUT2D eigenvalue weighted by Crippen LogP contribution is -2.10. The summed E-state index contributed by atoms with van der Waals surface area (Å²) >= 11 is 1.61. The third-order valence-electron chi connectivity index (χ3n) is 8.13. The van der Waals surface area contributed by atoms with E-state index in [1.165, 1.54) is 0 Å². The molecule has 2 aromatic heterocycles. The Labute approximate surface area is 258 Å². The van der Waals surface area contributed by atoms with E-state index in [4.69, 9.17) is 4.42 Å². The number of para-hydroxylation sites is 1. The van der Waals surface area contributed by atoms with Crippen LogP contribution in [0.2, 0.25) is 0 Å². The van der Waals surface area contributed by atoms with Crippen LogP contribution in [0.3, 0.4) is 0 Å². The molecule has 9 rings (SSSR count). The number of furan rings is 1. The zero-order valence-corrected chi connectivity index (χ0v) is 23.7. The van der Waals surface area contributed by atoms with Crippen molar-refractivity contribution in [3.63, 3.8) is 0 Å². The monoisotopic (exact) mass is 571 g/mol. The standard InChI is InChI=1S/C40H25NOS/c1-2-11-28(12-3-1)41(35-17-9-18-36-38(35)34-25-22-26-10-4-5-13-30(26)39(34)42-36)29-23-20-27(21-24-29)31-15-8-16-33-32-14-6-7-19-37(32)43-40(31)33/h1-25H/i20D,21D,23D,24D. The van der Waals surface area contributed by atoms with E-state index in [0.717, 1.165) is 53.0 Å². The Kier molecular flexibility index (Phi) is 4.57. The minimum absolute atomic E-state index is 0.0814. The van der Waals surface area contributed by atoms with Gasteiger partial charge in [-0.15, -0.1) is 11.3 Å². The first kappa shape index (κ1) is 20.5. The molecule has 0 bridgehead atoms. The molecule has 0 saturated carbocycles. The summed E-state index contributed by atoms with van der Waals surface area (Å²) in [5.41, 5.74) is 4.06. The maximum Gasteiger partial charge on any atom is 0.143 e. The van der Waals surface area contributed by atoms with Crippen LogP contribution < -0.4 is 4.90 Å². The summed E-state index contributed by atoms with van der Waals surface area (Å²) in [7, 11) is 0. The molecule has 0 aliphatic carbocycles. The zero-order chi connectivity index (χ0) is 31.8. The van der Waals surface area contributed by atoms with Crippen molar-refractivity contribution in [3.8, 4) is 11.1 Å². The van der Waals surface area contributed by atoms with E-state index in [9.17, 15) is 5.48 Å². The predicted molar refractivity (Wildman–Crippen MR) is 184 cm³/mol. The van der Waals surface area contributed by atoms with Crippen molar-refractivity contribution in [2.75, 3.05) is 4.90 Å². The second kappa shape index (κ2) is 9.59. The predicted octanol–water partition coefficient (Wildman–Crippen LogP) is 12.2. The molecule has 0 radical (unpaired) electrons. The van der Waals surface area contributed by atoms with Gasteiger partial charge in [-0.05, 0) is 65.0 Å². The molecule has 2 nitrogen and oxygen atoms in total. The molecule has 0 aliphatic heterocycles. The second-order valence-corrected chi connectivity index (χ2v) is 11.6. The van der Waals surface area contributed by atoms with Crippen LogP contribution in [-0.2, 0) is 0 Å². The van der Waals surface area contributed by atoms with Gasteiger partial charge < -0.3 is 9.32 Å². The molecule has 0 amide bonds. The van der Waals surface area contributed by atoms with Gasteiger partial charge in [0.1, 0.15) is 11.2 Å². The SMILES string of the molecule is [2H]c1c([2H])c(N(c2ccccc2)c2cccc3oc4c5ccccc5ccc4c23)c([2H])c([2H])c1-c1cccc2c1sc1ccccc12. The van der Waals surface area contributed by atoms with E-state index in [2.05, 4.69) is 36.4 Å². The minimum atomic E-state index is -0.113. The molecule has 202 valence electrons. The molecule has 0 fully saturated rings. The summed E-state index contributed by atoms with van der Waals surface area (Å²) < 4.78 is 46.2. The van der Waals surface area contributed by atoms with Gasteiger partial charge in [-0.25, -0.2) is 0 Å². The Morgan fingerprint density at radius 3 is 2.19 bits per heavy atom. The van der Waals surface area contributed by atoms with Gasteiger partial charge in [0.15, 0.2) is 0 Å². The lowest BCUT2D eigenvalue weighted by molar-refractivity contribution is 0.672. The Morgan fingerprint density at radius 2 is 1.30 bits per heavy atom. The Bertz CT molecular complexity index is 2670. The van der Waals surface area contributed by atoms with Crippen LogP contribution in [0.1, 0.15) is 5.48 Å². The van der Waals surface area contributed by atoms with Crippen LogP contribution in [0.15, 0.2) is 156 Å². The smallest absolute Gasteiger partial charge is 0.143 e. The van der Waals surface area contributed by atoms with E-state index in [1.54, 1.807) is 11.3 Å². The summed E-state index contributed by atoms with van der Waals surface area (Å²) in [4.78, 5) is 1.84. The molecule has 7 aromatic carbocycles. The summed E-state index contributed by atoms with van der Waals surface area (Å²) in [5.74, 6) is 0. The van der Waals surface area contributed by atoms with Crippen molar-refractivity contribution >= 4 is 81.3 Å². The van der Waals surface area contributed by atoms with Gasteiger partial charge in [-0.2, -0.15) is 0 Å². The lowest BCUT2D eigenvalue weighted by Gasteiger charge is -2.26. The highest BCUT2D eigenvalue weighted by atomic mass is 32.1. The maximum atomic E-state index is 9.46. The van der Waals surface area contributed by atoms with Crippen LogP contribution in [0.5, 0.6) is 0 Å². The van der Waals surface area contributed by atoms with Crippen molar-refractivity contribution in [2.24, 2.45) is 0 Å². The van der Waals surface area contributed by atoms with Gasteiger partial charge in [0.05, 0.1) is 16.6 Å². The molecule has 0 aliphatic rings. The Morgan fingerprint density at radius 1 is 0.558 bits per heavy atom. The third-order valence-corrected chi connectivity index (χ3v) is 9.35.